The summed E-state index contributed by atoms with van der Waals surface area (Å²) in [5.41, 5.74) is 9.31. The average Bonchev–Trinajstić information content (AvgIpc) is 0.740. The minimum atomic E-state index is 1.28. The zero-order valence-corrected chi connectivity index (χ0v) is 59.7. The van der Waals surface area contributed by atoms with Crippen LogP contribution in [0.3, 0.4) is 0 Å². The summed E-state index contributed by atoms with van der Waals surface area (Å²) in [7, 11) is 0. The SMILES string of the molecule is Cc1c2ccccc2c(-c2ccccc2)c2cc3ccccc3cc12.Cc1c2ccccc2cc2cc3ccccc3cc12.Cc1ccc2cc3cc4cc5ccccc5cc4cc3cc2c1.Cc1ccc2cc3cc4ccccc4cc3cc2c1.Cc1cccc2cc3cc4ccccc4cc3cc12. The molecule has 0 saturated carbocycles. The van der Waals surface area contributed by atoms with Crippen LogP contribution < -0.4 is 0 Å². The van der Waals surface area contributed by atoms with E-state index in [1.54, 1.807) is 0 Å². The largest absolute Gasteiger partial charge is 0.0622 e. The number of hydrogen-bond donors (Lipinski definition) is 0. The summed E-state index contributed by atoms with van der Waals surface area (Å²) in [4.78, 5) is 0. The molecule has 0 heteroatoms. The molecular formula is C105H76. The monoisotopic (exact) mass is 1340 g/mol. The van der Waals surface area contributed by atoms with E-state index in [1.807, 2.05) is 0 Å². The van der Waals surface area contributed by atoms with Gasteiger partial charge in [-0.2, -0.15) is 0 Å². The second-order valence-electron chi connectivity index (χ2n) is 28.7. The maximum atomic E-state index is 2.35. The Morgan fingerprint density at radius 2 is 0.400 bits per heavy atom. The van der Waals surface area contributed by atoms with Crippen molar-refractivity contribution in [2.75, 3.05) is 0 Å². The summed E-state index contributed by atoms with van der Waals surface area (Å²) in [6.07, 6.45) is 0. The van der Waals surface area contributed by atoms with Crippen molar-refractivity contribution >= 4 is 172 Å². The second kappa shape index (κ2) is 27.1. The molecule has 0 fully saturated rings. The fourth-order valence-electron chi connectivity index (χ4n) is 16.2. The second-order valence-corrected chi connectivity index (χ2v) is 28.7. The van der Waals surface area contributed by atoms with E-state index in [1.165, 1.54) is 211 Å². The van der Waals surface area contributed by atoms with Gasteiger partial charge in [0.05, 0.1) is 0 Å². The van der Waals surface area contributed by atoms with Crippen LogP contribution in [0.15, 0.2) is 370 Å². The molecule has 0 spiro atoms. The Hall–Kier alpha value is -13.0. The molecule has 0 N–H and O–H groups in total. The van der Waals surface area contributed by atoms with Crippen molar-refractivity contribution in [2.45, 2.75) is 34.6 Å². The van der Waals surface area contributed by atoms with Crippen molar-refractivity contribution in [1.29, 1.82) is 0 Å². The van der Waals surface area contributed by atoms with Crippen LogP contribution in [0.2, 0.25) is 0 Å². The van der Waals surface area contributed by atoms with Crippen molar-refractivity contribution in [2.24, 2.45) is 0 Å². The van der Waals surface area contributed by atoms with Crippen molar-refractivity contribution in [3.05, 3.63) is 398 Å². The van der Waals surface area contributed by atoms with Crippen molar-refractivity contribution < 1.29 is 0 Å². The van der Waals surface area contributed by atoms with Gasteiger partial charge in [0.25, 0.3) is 0 Å². The highest BCUT2D eigenvalue weighted by atomic mass is 14.2. The minimum absolute atomic E-state index is 1.28. The van der Waals surface area contributed by atoms with Gasteiger partial charge in [0.1, 0.15) is 0 Å². The first kappa shape index (κ1) is 64.1. The molecule has 0 atom stereocenters. The smallest absolute Gasteiger partial charge is 0.00264 e. The molecule has 496 valence electrons. The zero-order chi connectivity index (χ0) is 70.7. The molecular weight excluding hydrogens is 1260 g/mol. The van der Waals surface area contributed by atoms with Crippen molar-refractivity contribution in [3.8, 4) is 11.1 Å². The maximum absolute atomic E-state index is 2.35. The lowest BCUT2D eigenvalue weighted by Crippen LogP contribution is -1.90. The lowest BCUT2D eigenvalue weighted by atomic mass is 9.87. The van der Waals surface area contributed by atoms with Crippen LogP contribution in [0.4, 0.5) is 0 Å². The highest BCUT2D eigenvalue weighted by molar-refractivity contribution is 6.18. The van der Waals surface area contributed by atoms with Gasteiger partial charge in [0.2, 0.25) is 0 Å². The number of hydrogen-bond acceptors (Lipinski definition) is 0. The van der Waals surface area contributed by atoms with Gasteiger partial charge in [-0.15, -0.1) is 0 Å². The number of aryl methyl sites for hydroxylation is 5. The molecule has 0 aliphatic heterocycles. The van der Waals surface area contributed by atoms with Crippen LogP contribution in [0.25, 0.3) is 183 Å². The van der Waals surface area contributed by atoms with Crippen LogP contribution >= 0.6 is 0 Å². The average molecular weight is 1340 g/mol. The lowest BCUT2D eigenvalue weighted by Gasteiger charge is -2.16. The van der Waals surface area contributed by atoms with E-state index in [0.717, 1.165) is 0 Å². The third kappa shape index (κ3) is 12.5. The first-order valence-corrected chi connectivity index (χ1v) is 36.6. The van der Waals surface area contributed by atoms with E-state index in [2.05, 4.69) is 405 Å². The first-order valence-electron chi connectivity index (χ1n) is 36.6. The molecule has 22 aromatic carbocycles. The molecule has 0 bridgehead atoms. The Morgan fingerprint density at radius 3 is 0.848 bits per heavy atom. The molecule has 0 amide bonds. The Balaban J connectivity index is 0.0000000937. The molecule has 0 aliphatic carbocycles. The number of benzene rings is 22. The fraction of sp³-hybridized carbons (Fsp3) is 0.0476. The Labute approximate surface area is 611 Å². The molecule has 105 heavy (non-hydrogen) atoms. The summed E-state index contributed by atoms with van der Waals surface area (Å²) < 4.78 is 0. The highest BCUT2D eigenvalue weighted by Crippen LogP contribution is 2.42. The van der Waals surface area contributed by atoms with Crippen LogP contribution in [-0.4, -0.2) is 0 Å². The summed E-state index contributed by atoms with van der Waals surface area (Å²) in [5, 5.41) is 42.2. The summed E-state index contributed by atoms with van der Waals surface area (Å²) in [5.74, 6) is 0. The van der Waals surface area contributed by atoms with E-state index >= 15 is 0 Å². The predicted molar refractivity (Wildman–Crippen MR) is 461 cm³/mol. The summed E-state index contributed by atoms with van der Waals surface area (Å²) >= 11 is 0. The van der Waals surface area contributed by atoms with Crippen LogP contribution in [0, 0.1) is 34.6 Å². The van der Waals surface area contributed by atoms with E-state index in [0.29, 0.717) is 0 Å². The Kier molecular flexibility index (Phi) is 16.5. The predicted octanol–water partition coefficient (Wildman–Crippen LogP) is 30.1. The van der Waals surface area contributed by atoms with Gasteiger partial charge in [0, 0.05) is 0 Å². The van der Waals surface area contributed by atoms with Gasteiger partial charge >= 0.3 is 0 Å². The number of fused-ring (bicyclic) bond motifs is 16. The standard InChI is InChI=1S/C25H18.C23H16.3C19H14/c1-17-21-13-7-8-14-22(21)25(18-9-3-2-4-10-18)24-16-20-12-6-5-11-19(20)15-23(17)24;1-15-6-7-18-11-22-13-20-9-16-4-2-3-5-17(16)10-21(20)14-23(22)12-19(18)8-15;1-13-5-4-8-16-11-17-9-14-6-2-3-7-15(14)10-18(17)12-19(13)16;1-13-18-9-5-4-8-16(18)11-17-10-14-6-2-3-7-15(14)12-19(13)17;1-13-6-7-16-11-18-9-14-4-2-3-5-15(14)10-19(18)12-17(16)8-13/h2-16H,1H3;2-14H,1H3;3*2-12H,1H3. The number of rotatable bonds is 1. The van der Waals surface area contributed by atoms with Crippen LogP contribution in [0.1, 0.15) is 27.8 Å². The fourth-order valence-corrected chi connectivity index (χ4v) is 16.2. The van der Waals surface area contributed by atoms with Crippen molar-refractivity contribution in [1.82, 2.24) is 0 Å². The molecule has 0 aromatic heterocycles. The lowest BCUT2D eigenvalue weighted by molar-refractivity contribution is 1.51. The quantitative estimate of drug-likeness (QED) is 0.144. The zero-order valence-electron chi connectivity index (χ0n) is 59.7. The third-order valence-corrected chi connectivity index (χ3v) is 21.7. The molecule has 0 unspecified atom stereocenters. The van der Waals surface area contributed by atoms with Gasteiger partial charge < -0.3 is 0 Å². The van der Waals surface area contributed by atoms with E-state index in [4.69, 9.17) is 0 Å². The first-order chi connectivity index (χ1) is 51.5. The molecule has 0 saturated heterocycles. The summed E-state index contributed by atoms with van der Waals surface area (Å²) in [6.45, 7) is 10.9. The van der Waals surface area contributed by atoms with Gasteiger partial charge in [-0.25, -0.2) is 0 Å². The van der Waals surface area contributed by atoms with Gasteiger partial charge in [-0.1, -0.05) is 266 Å². The van der Waals surface area contributed by atoms with Crippen LogP contribution in [0.5, 0.6) is 0 Å². The Morgan fingerprint density at radius 1 is 0.133 bits per heavy atom. The van der Waals surface area contributed by atoms with Gasteiger partial charge in [0.15, 0.2) is 0 Å². The third-order valence-electron chi connectivity index (χ3n) is 21.7. The van der Waals surface area contributed by atoms with E-state index < -0.39 is 0 Å². The maximum Gasteiger partial charge on any atom is -0.00264 e. The molecule has 22 rings (SSSR count). The van der Waals surface area contributed by atoms with Gasteiger partial charge in [-0.3, -0.25) is 0 Å². The Bertz CT molecular complexity index is 7150. The molecule has 0 aliphatic rings. The summed E-state index contributed by atoms with van der Waals surface area (Å²) in [6, 6.07) is 135. The molecule has 0 heterocycles. The van der Waals surface area contributed by atoms with Gasteiger partial charge in [-0.05, 0) is 350 Å². The molecule has 0 nitrogen and oxygen atoms in total. The van der Waals surface area contributed by atoms with Crippen LogP contribution in [-0.2, 0) is 0 Å². The minimum Gasteiger partial charge on any atom is -0.0622 e. The van der Waals surface area contributed by atoms with Crippen molar-refractivity contribution in [3.63, 3.8) is 0 Å². The molecule has 0 radical (unpaired) electrons. The molecule has 22 aromatic rings. The highest BCUT2D eigenvalue weighted by Gasteiger charge is 2.15. The van der Waals surface area contributed by atoms with E-state index in [9.17, 15) is 0 Å². The topological polar surface area (TPSA) is 0 Å². The van der Waals surface area contributed by atoms with E-state index in [-0.39, 0.29) is 0 Å². The normalized spacial score (nSPS) is 11.5.